The SMILES string of the molecule is CC(C)CC(N)(CNCCCc1ccccc1)Cc1ccc(F)cc1Cl. The molecule has 2 rings (SSSR count). The maximum Gasteiger partial charge on any atom is 0.124 e. The van der Waals surface area contributed by atoms with E-state index >= 15 is 0 Å². The van der Waals surface area contributed by atoms with Crippen molar-refractivity contribution in [1.82, 2.24) is 5.32 Å². The van der Waals surface area contributed by atoms with Gasteiger partial charge < -0.3 is 11.1 Å². The van der Waals surface area contributed by atoms with Crippen molar-refractivity contribution in [2.45, 2.75) is 45.1 Å². The van der Waals surface area contributed by atoms with Gasteiger partial charge in [0.2, 0.25) is 0 Å². The lowest BCUT2D eigenvalue weighted by Gasteiger charge is -2.32. The molecule has 0 aliphatic rings. The minimum atomic E-state index is -0.400. The van der Waals surface area contributed by atoms with E-state index in [-0.39, 0.29) is 5.82 Å². The van der Waals surface area contributed by atoms with E-state index in [1.807, 2.05) is 6.07 Å². The molecular formula is C22H30ClFN2. The van der Waals surface area contributed by atoms with Gasteiger partial charge in [0, 0.05) is 17.1 Å². The Labute approximate surface area is 161 Å². The van der Waals surface area contributed by atoms with Crippen LogP contribution >= 0.6 is 11.6 Å². The van der Waals surface area contributed by atoms with Crippen molar-refractivity contribution in [3.63, 3.8) is 0 Å². The molecule has 0 saturated heterocycles. The molecule has 0 bridgehead atoms. The van der Waals surface area contributed by atoms with Crippen molar-refractivity contribution in [3.05, 3.63) is 70.5 Å². The molecule has 0 spiro atoms. The Kier molecular flexibility index (Phi) is 8.08. The summed E-state index contributed by atoms with van der Waals surface area (Å²) in [7, 11) is 0. The topological polar surface area (TPSA) is 38.0 Å². The molecule has 2 nitrogen and oxygen atoms in total. The molecule has 0 saturated carbocycles. The Balaban J connectivity index is 1.88. The number of nitrogens with two attached hydrogens (primary N) is 1. The van der Waals surface area contributed by atoms with Crippen molar-refractivity contribution in [2.24, 2.45) is 11.7 Å². The van der Waals surface area contributed by atoms with Crippen LogP contribution in [-0.2, 0) is 12.8 Å². The van der Waals surface area contributed by atoms with E-state index in [0.29, 0.717) is 23.9 Å². The highest BCUT2D eigenvalue weighted by molar-refractivity contribution is 6.31. The Morgan fingerprint density at radius 2 is 1.88 bits per heavy atom. The molecule has 1 unspecified atom stereocenters. The predicted molar refractivity (Wildman–Crippen MR) is 109 cm³/mol. The third kappa shape index (κ3) is 7.06. The van der Waals surface area contributed by atoms with Crippen LogP contribution in [0.1, 0.15) is 37.8 Å². The monoisotopic (exact) mass is 376 g/mol. The minimum absolute atomic E-state index is 0.315. The molecule has 0 radical (unpaired) electrons. The van der Waals surface area contributed by atoms with Crippen LogP contribution in [0.2, 0.25) is 5.02 Å². The number of halogens is 2. The Bertz CT molecular complexity index is 675. The molecule has 2 aromatic rings. The van der Waals surface area contributed by atoms with E-state index in [9.17, 15) is 4.39 Å². The highest BCUT2D eigenvalue weighted by Crippen LogP contribution is 2.25. The van der Waals surface area contributed by atoms with E-state index in [1.165, 1.54) is 17.7 Å². The molecule has 0 heterocycles. The first-order chi connectivity index (χ1) is 12.4. The molecule has 0 aromatic heterocycles. The average Bonchev–Trinajstić information content (AvgIpc) is 2.57. The molecule has 0 fully saturated rings. The first kappa shape index (κ1) is 20.9. The predicted octanol–water partition coefficient (Wildman–Crippen LogP) is 4.99. The summed E-state index contributed by atoms with van der Waals surface area (Å²) in [5.74, 6) is 0.162. The number of hydrogen-bond donors (Lipinski definition) is 2. The van der Waals surface area contributed by atoms with Crippen LogP contribution in [0.5, 0.6) is 0 Å². The van der Waals surface area contributed by atoms with E-state index in [4.69, 9.17) is 17.3 Å². The van der Waals surface area contributed by atoms with Gasteiger partial charge in [-0.25, -0.2) is 4.39 Å². The van der Waals surface area contributed by atoms with Gasteiger partial charge in [-0.3, -0.25) is 0 Å². The maximum absolute atomic E-state index is 13.3. The largest absolute Gasteiger partial charge is 0.324 e. The van der Waals surface area contributed by atoms with Gasteiger partial charge in [-0.2, -0.15) is 0 Å². The number of hydrogen-bond acceptors (Lipinski definition) is 2. The summed E-state index contributed by atoms with van der Waals surface area (Å²) in [4.78, 5) is 0. The quantitative estimate of drug-likeness (QED) is 0.573. The molecule has 0 aliphatic heterocycles. The van der Waals surface area contributed by atoms with Gasteiger partial charge in [-0.1, -0.05) is 61.8 Å². The number of rotatable bonds is 10. The summed E-state index contributed by atoms with van der Waals surface area (Å²) < 4.78 is 13.3. The summed E-state index contributed by atoms with van der Waals surface area (Å²) in [5.41, 5.74) is 8.58. The van der Waals surface area contributed by atoms with Crippen molar-refractivity contribution >= 4 is 11.6 Å². The summed E-state index contributed by atoms with van der Waals surface area (Å²) in [6.45, 7) is 5.98. The van der Waals surface area contributed by atoms with Gasteiger partial charge >= 0.3 is 0 Å². The highest BCUT2D eigenvalue weighted by Gasteiger charge is 2.27. The first-order valence-electron chi connectivity index (χ1n) is 9.35. The van der Waals surface area contributed by atoms with Crippen LogP contribution in [0.25, 0.3) is 0 Å². The molecule has 0 aliphatic carbocycles. The lowest BCUT2D eigenvalue weighted by Crippen LogP contribution is -2.51. The first-order valence-corrected chi connectivity index (χ1v) is 9.73. The Hall–Kier alpha value is -1.42. The smallest absolute Gasteiger partial charge is 0.124 e. The van der Waals surface area contributed by atoms with Crippen molar-refractivity contribution in [2.75, 3.05) is 13.1 Å². The Morgan fingerprint density at radius 1 is 1.15 bits per heavy atom. The summed E-state index contributed by atoms with van der Waals surface area (Å²) in [6.07, 6.45) is 3.64. The molecule has 2 aromatic carbocycles. The molecule has 4 heteroatoms. The van der Waals surface area contributed by atoms with Crippen LogP contribution in [0.4, 0.5) is 4.39 Å². The number of benzene rings is 2. The van der Waals surface area contributed by atoms with Gasteiger partial charge in [0.05, 0.1) is 0 Å². The molecule has 26 heavy (non-hydrogen) atoms. The zero-order valence-electron chi connectivity index (χ0n) is 15.8. The van der Waals surface area contributed by atoms with Crippen LogP contribution in [-0.4, -0.2) is 18.6 Å². The van der Waals surface area contributed by atoms with E-state index < -0.39 is 5.54 Å². The molecular weight excluding hydrogens is 347 g/mol. The van der Waals surface area contributed by atoms with Gasteiger partial charge in [-0.15, -0.1) is 0 Å². The summed E-state index contributed by atoms with van der Waals surface area (Å²) in [5, 5.41) is 3.96. The normalized spacial score (nSPS) is 13.8. The zero-order valence-corrected chi connectivity index (χ0v) is 16.5. The fraction of sp³-hybridized carbons (Fsp3) is 0.455. The lowest BCUT2D eigenvalue weighted by molar-refractivity contribution is 0.321. The van der Waals surface area contributed by atoms with E-state index in [2.05, 4.69) is 43.4 Å². The maximum atomic E-state index is 13.3. The fourth-order valence-corrected chi connectivity index (χ4v) is 3.70. The van der Waals surface area contributed by atoms with Crippen LogP contribution in [0.3, 0.4) is 0 Å². The van der Waals surface area contributed by atoms with Gasteiger partial charge in [0.1, 0.15) is 5.82 Å². The average molecular weight is 377 g/mol. The molecule has 1 atom stereocenters. The van der Waals surface area contributed by atoms with Crippen LogP contribution in [0, 0.1) is 11.7 Å². The second-order valence-electron chi connectivity index (χ2n) is 7.64. The lowest BCUT2D eigenvalue weighted by atomic mass is 9.84. The fourth-order valence-electron chi connectivity index (χ4n) is 3.46. The summed E-state index contributed by atoms with van der Waals surface area (Å²) >= 11 is 6.21. The van der Waals surface area contributed by atoms with Crippen molar-refractivity contribution in [1.29, 1.82) is 0 Å². The Morgan fingerprint density at radius 3 is 2.54 bits per heavy atom. The third-order valence-corrected chi connectivity index (χ3v) is 4.86. The summed E-state index contributed by atoms with van der Waals surface area (Å²) in [6, 6.07) is 15.0. The number of aryl methyl sites for hydroxylation is 1. The van der Waals surface area contributed by atoms with E-state index in [0.717, 1.165) is 31.4 Å². The zero-order chi connectivity index (χ0) is 19.0. The molecule has 142 valence electrons. The van der Waals surface area contributed by atoms with E-state index in [1.54, 1.807) is 6.07 Å². The van der Waals surface area contributed by atoms with Crippen LogP contribution in [0.15, 0.2) is 48.5 Å². The standard InChI is InChI=1S/C22H30ClFN2/c1-17(2)14-22(25,15-19-10-11-20(24)13-21(19)23)16-26-12-6-9-18-7-4-3-5-8-18/h3-5,7-8,10-11,13,17,26H,6,9,12,14-16,25H2,1-2H3. The van der Waals surface area contributed by atoms with Crippen LogP contribution < -0.4 is 11.1 Å². The minimum Gasteiger partial charge on any atom is -0.324 e. The third-order valence-electron chi connectivity index (χ3n) is 4.51. The molecule has 3 N–H and O–H groups in total. The second-order valence-corrected chi connectivity index (χ2v) is 8.05. The second kappa shape index (κ2) is 10.1. The van der Waals surface area contributed by atoms with Gasteiger partial charge in [0.25, 0.3) is 0 Å². The van der Waals surface area contributed by atoms with Gasteiger partial charge in [-0.05, 0) is 61.4 Å². The highest BCUT2D eigenvalue weighted by atomic mass is 35.5. The molecule has 0 amide bonds. The van der Waals surface area contributed by atoms with Gasteiger partial charge in [0.15, 0.2) is 0 Å². The van der Waals surface area contributed by atoms with Crippen molar-refractivity contribution < 1.29 is 4.39 Å². The van der Waals surface area contributed by atoms with Crippen molar-refractivity contribution in [3.8, 4) is 0 Å². The number of nitrogens with one attached hydrogen (secondary N) is 1.